The van der Waals surface area contributed by atoms with E-state index in [0.717, 1.165) is 17.2 Å². The van der Waals surface area contributed by atoms with Crippen molar-refractivity contribution >= 4 is 0 Å². The van der Waals surface area contributed by atoms with Crippen LogP contribution in [-0.4, -0.2) is 58.0 Å². The lowest BCUT2D eigenvalue weighted by Crippen LogP contribution is -1.98. The Bertz CT molecular complexity index is 1610. The van der Waals surface area contributed by atoms with E-state index in [1.54, 1.807) is 0 Å². The van der Waals surface area contributed by atoms with E-state index in [9.17, 15) is 0 Å². The van der Waals surface area contributed by atoms with Crippen LogP contribution in [0.4, 0.5) is 0 Å². The molecule has 0 bridgehead atoms. The van der Waals surface area contributed by atoms with Crippen LogP contribution in [0.15, 0.2) is 74.4 Å². The Morgan fingerprint density at radius 1 is 0.397 bits per heavy atom. The van der Waals surface area contributed by atoms with Crippen molar-refractivity contribution < 1.29 is 0 Å². The van der Waals surface area contributed by atoms with Crippen molar-refractivity contribution in [3.63, 3.8) is 0 Å². The highest BCUT2D eigenvalue weighted by Crippen LogP contribution is 2.13. The van der Waals surface area contributed by atoms with Gasteiger partial charge in [-0.15, -0.1) is 0 Å². The summed E-state index contributed by atoms with van der Waals surface area (Å²) in [6.07, 6.45) is 19.2. The first-order valence-electron chi connectivity index (χ1n) is 25.1. The summed E-state index contributed by atoms with van der Waals surface area (Å²) in [5, 5.41) is 12.3. The third-order valence-electron chi connectivity index (χ3n) is 8.30. The number of hydrogen-bond acceptors (Lipinski definition) is 6. The van der Waals surface area contributed by atoms with Gasteiger partial charge in [0.1, 0.15) is 5.82 Å². The molecule has 6 rings (SSSR count). The van der Waals surface area contributed by atoms with E-state index in [-0.39, 0.29) is 52.0 Å². The summed E-state index contributed by atoms with van der Waals surface area (Å²) in [6.45, 7) is 49.8. The van der Waals surface area contributed by atoms with E-state index >= 15 is 0 Å². The fourth-order valence-electron chi connectivity index (χ4n) is 5.02. The van der Waals surface area contributed by atoms with E-state index in [0.29, 0.717) is 35.5 Å². The smallest absolute Gasteiger partial charge is 0.110 e. The summed E-state index contributed by atoms with van der Waals surface area (Å²) in [5.41, 5.74) is 6.21. The third-order valence-corrected chi connectivity index (χ3v) is 8.30. The molecule has 0 radical (unpaired) electrons. The Kier molecular flexibility index (Phi) is 90.4. The first-order valence-corrected chi connectivity index (χ1v) is 25.1. The zero-order valence-electron chi connectivity index (χ0n) is 48.8. The second-order valence-electron chi connectivity index (χ2n) is 15.5. The van der Waals surface area contributed by atoms with Gasteiger partial charge in [0.15, 0.2) is 0 Å². The number of imidazole rings is 3. The number of rotatable bonds is 6. The molecule has 12 nitrogen and oxygen atoms in total. The standard InChI is InChI=1S/6C7H12N2.6C2H6.7CH4/c1-6(2)7-4-9(3)5-8-7;1-6(2)7-4-8-5-9(7)3;1-6(2)7-4-8-9(3)5-7;1-6(2)7-8-4-5-9(7)3;1-6(2)7-4-5-9(3)8-7;1-6(2)7-4-5-8-9(7)3;6*1-2;;;;;;;/h6*4-6H,1-3H3;6*1-2H3;7*1H4. The Labute approximate surface area is 460 Å². The van der Waals surface area contributed by atoms with Gasteiger partial charge in [-0.05, 0) is 47.3 Å². The molecule has 0 atom stereocenters. The van der Waals surface area contributed by atoms with Gasteiger partial charge in [-0.1, -0.05) is 218 Å². The predicted octanol–water partition coefficient (Wildman–Crippen LogP) is 19.9. The molecule has 73 heavy (non-hydrogen) atoms. The molecule has 0 unspecified atom stereocenters. The molecule has 0 aliphatic carbocycles. The van der Waals surface area contributed by atoms with Crippen molar-refractivity contribution in [3.8, 4) is 0 Å². The first kappa shape index (κ1) is 101. The number of aryl methyl sites for hydroxylation is 6. The Balaban J connectivity index is -0.0000000506. The van der Waals surface area contributed by atoms with Crippen LogP contribution in [0, 0.1) is 0 Å². The summed E-state index contributed by atoms with van der Waals surface area (Å²) < 4.78 is 11.6. The maximum Gasteiger partial charge on any atom is 0.110 e. The van der Waals surface area contributed by atoms with E-state index in [4.69, 9.17) is 0 Å². The quantitative estimate of drug-likeness (QED) is 0.164. The molecule has 440 valence electrons. The van der Waals surface area contributed by atoms with Crippen molar-refractivity contribution in [1.82, 2.24) is 58.0 Å². The predicted molar refractivity (Wildman–Crippen MR) is 339 cm³/mol. The van der Waals surface area contributed by atoms with Crippen LogP contribution < -0.4 is 0 Å². The zero-order chi connectivity index (χ0) is 53.1. The summed E-state index contributed by atoms with van der Waals surface area (Å²) >= 11 is 0. The largest absolute Gasteiger partial charge is 0.340 e. The van der Waals surface area contributed by atoms with E-state index in [1.165, 1.54) is 17.0 Å². The Hall–Kier alpha value is -4.74. The molecule has 6 heterocycles. The van der Waals surface area contributed by atoms with E-state index in [2.05, 4.69) is 113 Å². The van der Waals surface area contributed by atoms with Crippen LogP contribution >= 0.6 is 0 Å². The molecule has 6 aromatic heterocycles. The van der Waals surface area contributed by atoms with Gasteiger partial charge < -0.3 is 13.7 Å². The van der Waals surface area contributed by atoms with Gasteiger partial charge in [-0.2, -0.15) is 15.3 Å². The molecule has 6 aromatic rings. The van der Waals surface area contributed by atoms with Gasteiger partial charge in [-0.3, -0.25) is 14.0 Å². The Morgan fingerprint density at radius 3 is 1.03 bits per heavy atom. The van der Waals surface area contributed by atoms with Crippen LogP contribution in [0.3, 0.4) is 0 Å². The van der Waals surface area contributed by atoms with Gasteiger partial charge >= 0.3 is 0 Å². The van der Waals surface area contributed by atoms with Crippen LogP contribution in [0.1, 0.15) is 288 Å². The van der Waals surface area contributed by atoms with Crippen molar-refractivity contribution in [1.29, 1.82) is 0 Å². The van der Waals surface area contributed by atoms with Gasteiger partial charge in [-0.25, -0.2) is 15.0 Å². The molecule has 12 heteroatoms. The lowest BCUT2D eigenvalue weighted by molar-refractivity contribution is 0.669. The minimum Gasteiger partial charge on any atom is -0.340 e. The van der Waals surface area contributed by atoms with Crippen molar-refractivity contribution in [3.05, 3.63) is 109 Å². The van der Waals surface area contributed by atoms with Crippen LogP contribution in [0.5, 0.6) is 0 Å². The SMILES string of the molecule is C.C.C.C.C.C.C.CC.CC.CC.CC.CC.CC.CC(C)c1ccn(C)n1.CC(C)c1ccnn1C.CC(C)c1cn(C)cn1.CC(C)c1cncn1C.CC(C)c1cnn(C)c1.CC(C)c1nccn1C. The number of nitrogens with zero attached hydrogens (tertiary/aromatic N) is 12. The molecule has 0 amide bonds. The number of aromatic nitrogens is 12. The van der Waals surface area contributed by atoms with Gasteiger partial charge in [0, 0.05) is 103 Å². The van der Waals surface area contributed by atoms with E-state index < -0.39 is 0 Å². The van der Waals surface area contributed by atoms with Crippen molar-refractivity contribution in [2.45, 2.75) is 254 Å². The lowest BCUT2D eigenvalue weighted by atomic mass is 10.1. The molecule has 0 saturated heterocycles. The maximum absolute atomic E-state index is 4.23. The highest BCUT2D eigenvalue weighted by Gasteiger charge is 2.04. The van der Waals surface area contributed by atoms with Gasteiger partial charge in [0.2, 0.25) is 0 Å². The van der Waals surface area contributed by atoms with Crippen molar-refractivity contribution in [2.75, 3.05) is 0 Å². The fraction of sp³-hybridized carbons (Fsp3) is 0.705. The summed E-state index contributed by atoms with van der Waals surface area (Å²) in [7, 11) is 11.9. The zero-order valence-corrected chi connectivity index (χ0v) is 48.8. The summed E-state index contributed by atoms with van der Waals surface area (Å²) in [5.74, 6) is 4.53. The molecular weight excluding hydrogens is 901 g/mol. The second kappa shape index (κ2) is 65.3. The molecule has 0 aliphatic heterocycles. The highest BCUT2D eigenvalue weighted by molar-refractivity contribution is 5.08. The summed E-state index contributed by atoms with van der Waals surface area (Å²) in [4.78, 5) is 12.4. The number of hydrogen-bond donors (Lipinski definition) is 0. The average molecular weight is 1040 g/mol. The van der Waals surface area contributed by atoms with Crippen LogP contribution in [-0.2, 0) is 42.3 Å². The lowest BCUT2D eigenvalue weighted by Gasteiger charge is -2.03. The third kappa shape index (κ3) is 49.3. The highest BCUT2D eigenvalue weighted by atomic mass is 15.3. The minimum absolute atomic E-state index is 0. The van der Waals surface area contributed by atoms with Crippen molar-refractivity contribution in [2.24, 2.45) is 42.3 Å². The summed E-state index contributed by atoms with van der Waals surface area (Å²) in [6, 6.07) is 4.09. The van der Waals surface area contributed by atoms with Crippen LogP contribution in [0.2, 0.25) is 0 Å². The molecule has 0 fully saturated rings. The molecule has 0 saturated carbocycles. The molecule has 0 N–H and O–H groups in total. The maximum atomic E-state index is 4.23. The minimum atomic E-state index is 0. The molecular formula is C61H136N12. The first-order chi connectivity index (χ1) is 31.2. The van der Waals surface area contributed by atoms with Crippen LogP contribution in [0.25, 0.3) is 0 Å². The molecule has 0 spiro atoms. The fourth-order valence-corrected chi connectivity index (χ4v) is 5.02. The Morgan fingerprint density at radius 2 is 0.863 bits per heavy atom. The second-order valence-corrected chi connectivity index (χ2v) is 15.5. The topological polar surface area (TPSA) is 107 Å². The normalized spacial score (nSPS) is 8.38. The monoisotopic (exact) mass is 1040 g/mol. The van der Waals surface area contributed by atoms with Gasteiger partial charge in [0.25, 0.3) is 0 Å². The molecule has 0 aromatic carbocycles. The average Bonchev–Trinajstić information content (AvgIpc) is 4.18. The molecule has 0 aliphatic rings. The van der Waals surface area contributed by atoms with E-state index in [1.807, 2.05) is 227 Å². The van der Waals surface area contributed by atoms with Gasteiger partial charge in [0.05, 0.1) is 30.2 Å².